The summed E-state index contributed by atoms with van der Waals surface area (Å²) in [6.07, 6.45) is 0.0356. The Labute approximate surface area is 81.4 Å². The van der Waals surface area contributed by atoms with Crippen LogP contribution in [0.2, 0.25) is 0 Å². The predicted octanol–water partition coefficient (Wildman–Crippen LogP) is 1.37. The van der Waals surface area contributed by atoms with Gasteiger partial charge in [0.2, 0.25) is 0 Å². The van der Waals surface area contributed by atoms with Gasteiger partial charge in [0.25, 0.3) is 0 Å². The highest BCUT2D eigenvalue weighted by Crippen LogP contribution is 2.25. The Hall–Kier alpha value is -1.42. The first-order valence-electron chi connectivity index (χ1n) is 4.29. The van der Waals surface area contributed by atoms with Crippen molar-refractivity contribution in [2.24, 2.45) is 5.73 Å². The van der Waals surface area contributed by atoms with E-state index in [1.165, 1.54) is 12.1 Å². The van der Waals surface area contributed by atoms with E-state index < -0.39 is 11.6 Å². The second-order valence-electron chi connectivity index (χ2n) is 3.05. The Balaban J connectivity index is 3.18. The van der Waals surface area contributed by atoms with Crippen LogP contribution in [0.3, 0.4) is 0 Å². The van der Waals surface area contributed by atoms with Gasteiger partial charge in [-0.2, -0.15) is 0 Å². The molecule has 1 aromatic rings. The number of carbonyl (C=O) groups excluding carboxylic acids is 1. The van der Waals surface area contributed by atoms with Gasteiger partial charge in [0, 0.05) is 6.42 Å². The van der Waals surface area contributed by atoms with Crippen molar-refractivity contribution in [2.75, 3.05) is 6.54 Å². The average molecular weight is 197 g/mol. The number of aryl methyl sites for hydroxylation is 1. The zero-order valence-corrected chi connectivity index (χ0v) is 7.88. The van der Waals surface area contributed by atoms with E-state index >= 15 is 0 Å². The number of carbonyl (C=O) groups is 1. The molecule has 0 aliphatic rings. The maximum absolute atomic E-state index is 13.2. The van der Waals surface area contributed by atoms with Gasteiger partial charge in [-0.15, -0.1) is 0 Å². The fraction of sp³-hybridized carbons (Fsp3) is 0.300. The van der Waals surface area contributed by atoms with Crippen molar-refractivity contribution >= 4 is 5.78 Å². The summed E-state index contributed by atoms with van der Waals surface area (Å²) in [4.78, 5) is 11.4. The molecule has 0 fully saturated rings. The van der Waals surface area contributed by atoms with Gasteiger partial charge in [-0.05, 0) is 25.1 Å². The predicted molar refractivity (Wildman–Crippen MR) is 50.8 cm³/mol. The van der Waals surface area contributed by atoms with Gasteiger partial charge in [-0.3, -0.25) is 4.79 Å². The molecule has 3 nitrogen and oxygen atoms in total. The maximum atomic E-state index is 13.2. The van der Waals surface area contributed by atoms with Crippen LogP contribution in [-0.2, 0) is 0 Å². The summed E-state index contributed by atoms with van der Waals surface area (Å²) in [5, 5.41) is 9.47. The molecule has 0 spiro atoms. The Morgan fingerprint density at radius 3 is 2.79 bits per heavy atom. The Bertz CT molecular complexity index is 363. The average Bonchev–Trinajstić information content (AvgIpc) is 2.13. The van der Waals surface area contributed by atoms with Gasteiger partial charge in [-0.1, -0.05) is 6.07 Å². The molecule has 0 aromatic heterocycles. The molecule has 0 unspecified atom stereocenters. The summed E-state index contributed by atoms with van der Waals surface area (Å²) >= 11 is 0. The van der Waals surface area contributed by atoms with Crippen LogP contribution in [0.15, 0.2) is 12.1 Å². The minimum atomic E-state index is -0.702. The molecule has 1 aromatic carbocycles. The van der Waals surface area contributed by atoms with Gasteiger partial charge in [0.05, 0.1) is 5.56 Å². The summed E-state index contributed by atoms with van der Waals surface area (Å²) in [5.74, 6) is -1.46. The lowest BCUT2D eigenvalue weighted by molar-refractivity contribution is 0.0978. The quantitative estimate of drug-likeness (QED) is 0.719. The summed E-state index contributed by atoms with van der Waals surface area (Å²) < 4.78 is 13.2. The van der Waals surface area contributed by atoms with E-state index in [4.69, 9.17) is 5.73 Å². The lowest BCUT2D eigenvalue weighted by Gasteiger charge is -2.06. The smallest absolute Gasteiger partial charge is 0.170 e. The highest BCUT2D eigenvalue weighted by molar-refractivity contribution is 5.99. The number of Topliss-reactive ketones (excluding diaryl/α,β-unsaturated/α-hetero) is 1. The molecular formula is C10H12FNO2. The summed E-state index contributed by atoms with van der Waals surface area (Å²) in [5.41, 5.74) is 5.40. The van der Waals surface area contributed by atoms with Crippen molar-refractivity contribution in [2.45, 2.75) is 13.3 Å². The number of phenols is 1. The zero-order valence-electron chi connectivity index (χ0n) is 7.88. The maximum Gasteiger partial charge on any atom is 0.170 e. The number of halogens is 1. The first-order chi connectivity index (χ1) is 6.57. The number of nitrogens with two attached hydrogens (primary N) is 1. The number of aromatic hydroxyl groups is 1. The lowest BCUT2D eigenvalue weighted by Crippen LogP contribution is -2.10. The molecule has 14 heavy (non-hydrogen) atoms. The van der Waals surface area contributed by atoms with Gasteiger partial charge in [0.1, 0.15) is 11.6 Å². The van der Waals surface area contributed by atoms with Crippen LogP contribution in [0.4, 0.5) is 4.39 Å². The summed E-state index contributed by atoms with van der Waals surface area (Å²) in [6.45, 7) is 1.75. The molecule has 0 aliphatic heterocycles. The molecule has 0 radical (unpaired) electrons. The minimum absolute atomic E-state index is 0.0356. The molecule has 0 aliphatic carbocycles. The molecule has 0 bridgehead atoms. The van der Waals surface area contributed by atoms with Crippen LogP contribution in [0.25, 0.3) is 0 Å². The molecule has 0 atom stereocenters. The summed E-state index contributed by atoms with van der Waals surface area (Å²) in [7, 11) is 0. The van der Waals surface area contributed by atoms with Crippen LogP contribution < -0.4 is 5.73 Å². The van der Waals surface area contributed by atoms with Crippen LogP contribution in [-0.4, -0.2) is 17.4 Å². The second kappa shape index (κ2) is 4.19. The summed E-state index contributed by atoms with van der Waals surface area (Å²) in [6, 6.07) is 2.59. The monoisotopic (exact) mass is 197 g/mol. The first-order valence-corrected chi connectivity index (χ1v) is 4.29. The number of hydrogen-bond donors (Lipinski definition) is 2. The van der Waals surface area contributed by atoms with Gasteiger partial charge < -0.3 is 10.8 Å². The lowest BCUT2D eigenvalue weighted by atomic mass is 10.0. The van der Waals surface area contributed by atoms with Crippen LogP contribution >= 0.6 is 0 Å². The third-order valence-corrected chi connectivity index (χ3v) is 1.98. The number of phenolic OH excluding ortho intramolecular Hbond substituents is 1. The van der Waals surface area contributed by atoms with Crippen LogP contribution in [0, 0.1) is 12.7 Å². The van der Waals surface area contributed by atoms with E-state index in [-0.39, 0.29) is 24.3 Å². The van der Waals surface area contributed by atoms with E-state index in [0.717, 1.165) is 0 Å². The van der Waals surface area contributed by atoms with Crippen molar-refractivity contribution in [3.05, 3.63) is 29.1 Å². The van der Waals surface area contributed by atoms with E-state index in [1.807, 2.05) is 0 Å². The van der Waals surface area contributed by atoms with Gasteiger partial charge in [-0.25, -0.2) is 4.39 Å². The van der Waals surface area contributed by atoms with E-state index in [0.29, 0.717) is 5.56 Å². The Morgan fingerprint density at radius 1 is 1.57 bits per heavy atom. The topological polar surface area (TPSA) is 63.3 Å². The van der Waals surface area contributed by atoms with E-state index in [1.54, 1.807) is 6.92 Å². The minimum Gasteiger partial charge on any atom is -0.507 e. The molecule has 0 saturated carbocycles. The molecule has 0 heterocycles. The molecule has 1 rings (SSSR count). The number of hydrogen-bond acceptors (Lipinski definition) is 3. The van der Waals surface area contributed by atoms with Crippen LogP contribution in [0.5, 0.6) is 5.75 Å². The van der Waals surface area contributed by atoms with Crippen molar-refractivity contribution in [3.63, 3.8) is 0 Å². The number of ketones is 1. The molecule has 3 N–H and O–H groups in total. The highest BCUT2D eigenvalue weighted by Gasteiger charge is 2.17. The standard InChI is InChI=1S/C10H12FNO2/c1-6-2-3-7(11)9(10(6)14)8(13)4-5-12/h2-3,14H,4-5,12H2,1H3. The highest BCUT2D eigenvalue weighted by atomic mass is 19.1. The molecule has 0 amide bonds. The SMILES string of the molecule is Cc1ccc(F)c(C(=O)CCN)c1O. The number of benzene rings is 1. The van der Waals surface area contributed by atoms with Crippen LogP contribution in [0.1, 0.15) is 22.3 Å². The zero-order chi connectivity index (χ0) is 10.7. The van der Waals surface area contributed by atoms with E-state index in [2.05, 4.69) is 0 Å². The fourth-order valence-corrected chi connectivity index (χ4v) is 1.19. The molecule has 4 heteroatoms. The number of rotatable bonds is 3. The second-order valence-corrected chi connectivity index (χ2v) is 3.05. The molecule has 76 valence electrons. The normalized spacial score (nSPS) is 10.2. The van der Waals surface area contributed by atoms with Gasteiger partial charge >= 0.3 is 0 Å². The fourth-order valence-electron chi connectivity index (χ4n) is 1.19. The molecule has 0 saturated heterocycles. The van der Waals surface area contributed by atoms with Crippen molar-refractivity contribution in [1.82, 2.24) is 0 Å². The Kier molecular flexibility index (Phi) is 3.19. The van der Waals surface area contributed by atoms with Crippen molar-refractivity contribution in [1.29, 1.82) is 0 Å². The molecular weight excluding hydrogens is 185 g/mol. The third-order valence-electron chi connectivity index (χ3n) is 1.98. The van der Waals surface area contributed by atoms with E-state index in [9.17, 15) is 14.3 Å². The first kappa shape index (κ1) is 10.7. The third kappa shape index (κ3) is 1.90. The van der Waals surface area contributed by atoms with Crippen molar-refractivity contribution in [3.8, 4) is 5.75 Å². The van der Waals surface area contributed by atoms with Crippen molar-refractivity contribution < 1.29 is 14.3 Å². The largest absolute Gasteiger partial charge is 0.507 e. The van der Waals surface area contributed by atoms with Gasteiger partial charge in [0.15, 0.2) is 5.78 Å². The Morgan fingerprint density at radius 2 is 2.21 bits per heavy atom.